The first kappa shape index (κ1) is 47.6. The van der Waals surface area contributed by atoms with Gasteiger partial charge in [0.2, 0.25) is 0 Å². The van der Waals surface area contributed by atoms with Crippen LogP contribution in [-0.2, 0) is 0 Å². The molecule has 0 saturated carbocycles. The molecule has 3 N–H and O–H groups in total. The topological polar surface area (TPSA) is 52.5 Å². The molecule has 0 aromatic heterocycles. The van der Waals surface area contributed by atoms with Crippen molar-refractivity contribution in [3.8, 4) is 0 Å². The van der Waals surface area contributed by atoms with Crippen molar-refractivity contribution in [1.29, 1.82) is 0 Å². The van der Waals surface area contributed by atoms with E-state index in [9.17, 15) is 10.2 Å². The largest absolute Gasteiger partial charge is 0.390 e. The zero-order valence-electron chi connectivity index (χ0n) is 33.3. The Morgan fingerprint density at radius 3 is 0.917 bits per heavy atom. The molecule has 0 aliphatic heterocycles. The Bertz CT molecular complexity index is 596. The molecule has 0 aromatic rings. The van der Waals surface area contributed by atoms with Crippen LogP contribution >= 0.6 is 0 Å². The molecule has 3 unspecified atom stereocenters. The van der Waals surface area contributed by atoms with Gasteiger partial charge in [0.1, 0.15) is 0 Å². The fourth-order valence-electron chi connectivity index (χ4n) is 7.30. The van der Waals surface area contributed by atoms with Crippen molar-refractivity contribution in [1.82, 2.24) is 5.32 Å². The van der Waals surface area contributed by atoms with Crippen molar-refractivity contribution < 1.29 is 10.2 Å². The van der Waals surface area contributed by atoms with Gasteiger partial charge < -0.3 is 15.5 Å². The molecule has 0 spiro atoms. The number of nitrogens with one attached hydrogen (secondary N) is 1. The normalized spacial score (nSPS) is 13.6. The summed E-state index contributed by atoms with van der Waals surface area (Å²) in [6.45, 7) is 9.38. The SMILES string of the molecule is C=CC(NCCCCCCCCCCCCCCCCCCCCCCCCCC)C(O)C(O)CCCCCCCCCCCCCC. The number of unbranched alkanes of at least 4 members (excludes halogenated alkanes) is 34. The van der Waals surface area contributed by atoms with Crippen molar-refractivity contribution >= 4 is 0 Å². The maximum absolute atomic E-state index is 10.7. The molecule has 3 atom stereocenters. The highest BCUT2D eigenvalue weighted by molar-refractivity contribution is 4.94. The highest BCUT2D eigenvalue weighted by Gasteiger charge is 2.23. The van der Waals surface area contributed by atoms with E-state index in [-0.39, 0.29) is 6.04 Å². The Labute approximate surface area is 303 Å². The zero-order chi connectivity index (χ0) is 35.0. The first-order valence-electron chi connectivity index (χ1n) is 22.4. The molecule has 0 rings (SSSR count). The average Bonchev–Trinajstić information content (AvgIpc) is 3.10. The predicted molar refractivity (Wildman–Crippen MR) is 216 cm³/mol. The Morgan fingerprint density at radius 1 is 0.396 bits per heavy atom. The van der Waals surface area contributed by atoms with Gasteiger partial charge in [0, 0.05) is 0 Å². The van der Waals surface area contributed by atoms with E-state index in [1.807, 2.05) is 0 Å². The minimum atomic E-state index is -0.760. The molecule has 0 heterocycles. The lowest BCUT2D eigenvalue weighted by Crippen LogP contribution is -2.45. The van der Waals surface area contributed by atoms with Gasteiger partial charge in [-0.2, -0.15) is 0 Å². The molecule has 3 heteroatoms. The summed E-state index contributed by atoms with van der Waals surface area (Å²) >= 11 is 0. The number of aliphatic hydroxyl groups is 2. The Balaban J connectivity index is 3.42. The third-order valence-corrected chi connectivity index (χ3v) is 10.8. The molecule has 0 aliphatic rings. The summed E-state index contributed by atoms with van der Waals surface area (Å²) in [5.74, 6) is 0. The number of rotatable bonds is 42. The molecular formula is C45H91NO2. The van der Waals surface area contributed by atoms with Crippen LogP contribution in [0.1, 0.15) is 251 Å². The maximum Gasteiger partial charge on any atom is 0.0987 e. The molecule has 0 radical (unpaired) electrons. The van der Waals surface area contributed by atoms with Gasteiger partial charge in [-0.25, -0.2) is 0 Å². The number of aliphatic hydroxyl groups excluding tert-OH is 2. The van der Waals surface area contributed by atoms with E-state index in [0.717, 1.165) is 25.8 Å². The standard InChI is InChI=1S/C45H91NO2/c1-4-7-9-11-13-15-17-19-20-21-22-23-24-25-26-27-28-29-30-32-34-36-38-40-42-46-43(6-3)45(48)44(47)41-39-37-35-33-31-18-16-14-12-10-8-5-2/h6,43-48H,3-5,7-42H2,1-2H3. The lowest BCUT2D eigenvalue weighted by atomic mass is 9.99. The van der Waals surface area contributed by atoms with Crippen molar-refractivity contribution in [2.45, 2.75) is 270 Å². The molecule has 0 aliphatic carbocycles. The summed E-state index contributed by atoms with van der Waals surface area (Å²) in [5.41, 5.74) is 0. The van der Waals surface area contributed by atoms with E-state index in [1.165, 1.54) is 212 Å². The summed E-state index contributed by atoms with van der Waals surface area (Å²) < 4.78 is 0. The fourth-order valence-corrected chi connectivity index (χ4v) is 7.30. The third-order valence-electron chi connectivity index (χ3n) is 10.8. The summed E-state index contributed by atoms with van der Waals surface area (Å²) in [7, 11) is 0. The molecule has 288 valence electrons. The van der Waals surface area contributed by atoms with Gasteiger partial charge in [0.05, 0.1) is 18.2 Å². The van der Waals surface area contributed by atoms with Crippen LogP contribution in [-0.4, -0.2) is 35.0 Å². The molecule has 0 bridgehead atoms. The van der Waals surface area contributed by atoms with E-state index in [2.05, 4.69) is 25.7 Å². The van der Waals surface area contributed by atoms with Crippen molar-refractivity contribution in [3.05, 3.63) is 12.7 Å². The molecule has 0 fully saturated rings. The molecule has 3 nitrogen and oxygen atoms in total. The zero-order valence-corrected chi connectivity index (χ0v) is 33.3. The highest BCUT2D eigenvalue weighted by Crippen LogP contribution is 2.17. The van der Waals surface area contributed by atoms with Crippen LogP contribution in [0.3, 0.4) is 0 Å². The minimum absolute atomic E-state index is 0.220. The molecular weight excluding hydrogens is 587 g/mol. The summed E-state index contributed by atoms with van der Waals surface area (Å²) in [5, 5.41) is 24.6. The van der Waals surface area contributed by atoms with Gasteiger partial charge in [-0.1, -0.05) is 245 Å². The number of hydrogen-bond donors (Lipinski definition) is 3. The quantitative estimate of drug-likeness (QED) is 0.0445. The van der Waals surface area contributed by atoms with Crippen molar-refractivity contribution in [3.63, 3.8) is 0 Å². The van der Waals surface area contributed by atoms with E-state index in [0.29, 0.717) is 6.42 Å². The van der Waals surface area contributed by atoms with Gasteiger partial charge in [-0.05, 0) is 19.4 Å². The number of hydrogen-bond acceptors (Lipinski definition) is 3. The molecule has 0 aromatic carbocycles. The lowest BCUT2D eigenvalue weighted by Gasteiger charge is -2.25. The Morgan fingerprint density at radius 2 is 0.646 bits per heavy atom. The third kappa shape index (κ3) is 35.4. The summed E-state index contributed by atoms with van der Waals surface area (Å²) in [4.78, 5) is 0. The first-order valence-corrected chi connectivity index (χ1v) is 22.4. The average molecular weight is 678 g/mol. The summed E-state index contributed by atoms with van der Waals surface area (Å²) in [6.07, 6.45) is 50.7. The second kappa shape index (κ2) is 41.0. The van der Waals surface area contributed by atoms with Crippen LogP contribution in [0.15, 0.2) is 12.7 Å². The van der Waals surface area contributed by atoms with Crippen LogP contribution in [0, 0.1) is 0 Å². The Kier molecular flexibility index (Phi) is 40.7. The second-order valence-electron chi connectivity index (χ2n) is 15.6. The van der Waals surface area contributed by atoms with Crippen molar-refractivity contribution in [2.24, 2.45) is 0 Å². The van der Waals surface area contributed by atoms with Gasteiger partial charge in [0.15, 0.2) is 0 Å². The fraction of sp³-hybridized carbons (Fsp3) is 0.956. The van der Waals surface area contributed by atoms with Crippen LogP contribution < -0.4 is 5.32 Å². The van der Waals surface area contributed by atoms with E-state index < -0.39 is 12.2 Å². The van der Waals surface area contributed by atoms with Crippen molar-refractivity contribution in [2.75, 3.05) is 6.54 Å². The molecule has 0 amide bonds. The van der Waals surface area contributed by atoms with Gasteiger partial charge in [-0.15, -0.1) is 6.58 Å². The summed E-state index contributed by atoms with van der Waals surface area (Å²) in [6, 6.07) is -0.220. The first-order chi connectivity index (χ1) is 23.7. The van der Waals surface area contributed by atoms with Gasteiger partial charge >= 0.3 is 0 Å². The highest BCUT2D eigenvalue weighted by atomic mass is 16.3. The van der Waals surface area contributed by atoms with E-state index in [1.54, 1.807) is 6.08 Å². The maximum atomic E-state index is 10.7. The smallest absolute Gasteiger partial charge is 0.0987 e. The van der Waals surface area contributed by atoms with Crippen LogP contribution in [0.25, 0.3) is 0 Å². The van der Waals surface area contributed by atoms with E-state index >= 15 is 0 Å². The lowest BCUT2D eigenvalue weighted by molar-refractivity contribution is 0.0000435. The monoisotopic (exact) mass is 678 g/mol. The Hall–Kier alpha value is -0.380. The van der Waals surface area contributed by atoms with Gasteiger partial charge in [-0.3, -0.25) is 0 Å². The molecule has 0 saturated heterocycles. The second-order valence-corrected chi connectivity index (χ2v) is 15.6. The van der Waals surface area contributed by atoms with Crippen LogP contribution in [0.2, 0.25) is 0 Å². The van der Waals surface area contributed by atoms with Crippen LogP contribution in [0.5, 0.6) is 0 Å². The molecule has 48 heavy (non-hydrogen) atoms. The van der Waals surface area contributed by atoms with Crippen LogP contribution in [0.4, 0.5) is 0 Å². The van der Waals surface area contributed by atoms with E-state index in [4.69, 9.17) is 0 Å². The minimum Gasteiger partial charge on any atom is -0.390 e. The predicted octanol–water partition coefficient (Wildman–Crippen LogP) is 14.3. The van der Waals surface area contributed by atoms with Gasteiger partial charge in [0.25, 0.3) is 0 Å².